The van der Waals surface area contributed by atoms with E-state index >= 15 is 0 Å². The van der Waals surface area contributed by atoms with E-state index in [2.05, 4.69) is 40.8 Å². The fourth-order valence-electron chi connectivity index (χ4n) is 2.94. The van der Waals surface area contributed by atoms with Crippen LogP contribution in [0.2, 0.25) is 0 Å². The normalized spacial score (nSPS) is 12.1. The van der Waals surface area contributed by atoms with Gasteiger partial charge in [0.15, 0.2) is 5.92 Å². The molecule has 0 fully saturated rings. The van der Waals surface area contributed by atoms with E-state index in [-0.39, 0.29) is 5.78 Å². The predicted octanol–water partition coefficient (Wildman–Crippen LogP) is 4.23. The summed E-state index contributed by atoms with van der Waals surface area (Å²) in [5.41, 5.74) is 1.81. The Morgan fingerprint density at radius 2 is 1.85 bits per heavy atom. The molecule has 0 aliphatic rings. The second-order valence-electron chi connectivity index (χ2n) is 6.74. The highest BCUT2D eigenvalue weighted by atomic mass is 79.9. The summed E-state index contributed by atoms with van der Waals surface area (Å²) in [4.78, 5) is 18.7. The molecular weight excluding hydrogens is 422 g/mol. The first kappa shape index (κ1) is 21.7. The number of aromatic nitrogens is 1. The molecule has 4 nitrogen and oxygen atoms in total. The first-order valence-corrected chi connectivity index (χ1v) is 11.2. The molecule has 2 rings (SSSR count). The minimum absolute atomic E-state index is 0.0172. The van der Waals surface area contributed by atoms with Gasteiger partial charge in [-0.2, -0.15) is 5.26 Å². The van der Waals surface area contributed by atoms with Gasteiger partial charge in [-0.1, -0.05) is 54.8 Å². The summed E-state index contributed by atoms with van der Waals surface area (Å²) in [6.45, 7) is 6.71. The van der Waals surface area contributed by atoms with Crippen LogP contribution in [-0.2, 0) is 4.79 Å². The smallest absolute Gasteiger partial charge is 0.210 e. The Morgan fingerprint density at radius 1 is 1.22 bits per heavy atom. The first-order chi connectivity index (χ1) is 13.1. The summed E-state index contributed by atoms with van der Waals surface area (Å²) in [6, 6.07) is 10.1. The zero-order valence-corrected chi connectivity index (χ0v) is 18.4. The van der Waals surface area contributed by atoms with Crippen molar-refractivity contribution in [3.8, 4) is 17.3 Å². The lowest BCUT2D eigenvalue weighted by molar-refractivity contribution is -0.892. The van der Waals surface area contributed by atoms with Crippen LogP contribution in [0.5, 0.6) is 0 Å². The highest BCUT2D eigenvalue weighted by Gasteiger charge is 2.27. The molecule has 27 heavy (non-hydrogen) atoms. The highest BCUT2D eigenvalue weighted by Crippen LogP contribution is 2.27. The van der Waals surface area contributed by atoms with Gasteiger partial charge in [0.1, 0.15) is 11.6 Å². The van der Waals surface area contributed by atoms with Crippen molar-refractivity contribution in [2.45, 2.75) is 45.4 Å². The van der Waals surface area contributed by atoms with E-state index in [4.69, 9.17) is 0 Å². The molecule has 1 aromatic heterocycles. The largest absolute Gasteiger partial charge is 0.329 e. The number of hydrogen-bond donors (Lipinski definition) is 1. The first-order valence-electron chi connectivity index (χ1n) is 9.56. The van der Waals surface area contributed by atoms with Crippen LogP contribution >= 0.6 is 27.3 Å². The number of carbonyl (C=O) groups is 1. The molecule has 0 saturated carbocycles. The predicted molar refractivity (Wildman–Crippen MR) is 114 cm³/mol. The van der Waals surface area contributed by atoms with Gasteiger partial charge in [0.05, 0.1) is 24.9 Å². The third-order valence-corrected chi connectivity index (χ3v) is 5.99. The van der Waals surface area contributed by atoms with Crippen molar-refractivity contribution in [1.29, 1.82) is 5.26 Å². The molecule has 144 valence electrons. The van der Waals surface area contributed by atoms with Gasteiger partial charge in [-0.15, -0.1) is 11.3 Å². The number of nitriles is 1. The van der Waals surface area contributed by atoms with Crippen molar-refractivity contribution in [3.05, 3.63) is 39.1 Å². The van der Waals surface area contributed by atoms with E-state index in [1.807, 2.05) is 29.6 Å². The number of rotatable bonds is 11. The van der Waals surface area contributed by atoms with Gasteiger partial charge in [-0.05, 0) is 25.0 Å². The van der Waals surface area contributed by atoms with Gasteiger partial charge in [0.25, 0.3) is 0 Å². The number of Topliss-reactive ketones (excluding diaryl/α,β-unsaturated/α-hetero) is 1. The lowest BCUT2D eigenvalue weighted by Crippen LogP contribution is -3.13. The third kappa shape index (κ3) is 6.53. The summed E-state index contributed by atoms with van der Waals surface area (Å²) >= 11 is 4.82. The molecule has 6 heteroatoms. The Kier molecular flexibility index (Phi) is 9.12. The van der Waals surface area contributed by atoms with Crippen LogP contribution < -0.4 is 4.90 Å². The van der Waals surface area contributed by atoms with E-state index in [0.29, 0.717) is 11.6 Å². The Hall–Kier alpha value is -1.55. The quantitative estimate of drug-likeness (QED) is 0.559. The average molecular weight is 449 g/mol. The fourth-order valence-corrected chi connectivity index (χ4v) is 4.10. The Bertz CT molecular complexity index is 758. The topological polar surface area (TPSA) is 58.2 Å². The van der Waals surface area contributed by atoms with E-state index < -0.39 is 5.92 Å². The van der Waals surface area contributed by atoms with Crippen LogP contribution in [0.1, 0.15) is 50.5 Å². The molecule has 1 N–H and O–H groups in total. The zero-order chi connectivity index (χ0) is 19.6. The second kappa shape index (κ2) is 11.3. The molecule has 0 saturated heterocycles. The van der Waals surface area contributed by atoms with Gasteiger partial charge in [0, 0.05) is 15.4 Å². The van der Waals surface area contributed by atoms with Gasteiger partial charge >= 0.3 is 0 Å². The number of nitrogens with zero attached hydrogens (tertiary/aromatic N) is 2. The Balaban J connectivity index is 2.09. The number of halogens is 1. The molecule has 0 unspecified atom stereocenters. The van der Waals surface area contributed by atoms with Crippen molar-refractivity contribution in [1.82, 2.24) is 4.98 Å². The minimum atomic E-state index is -0.766. The molecule has 0 amide bonds. The molecule has 1 heterocycles. The van der Waals surface area contributed by atoms with E-state index in [0.717, 1.165) is 54.5 Å². The standard InChI is InChI=1S/C21H26BrN3OS/c1-3-5-11-25(12-6-4-2)14-20(26)18(13-23)21-24-19(15-27-21)16-7-9-17(22)10-8-16/h7-10,15,18H,3-6,11-12,14H2,1-2H3/p+1/t18-/m1/s1. The van der Waals surface area contributed by atoms with E-state index in [1.165, 1.54) is 16.2 Å². The maximum atomic E-state index is 12.8. The van der Waals surface area contributed by atoms with Crippen LogP contribution in [-0.4, -0.2) is 30.4 Å². The van der Waals surface area contributed by atoms with Crippen LogP contribution in [0.15, 0.2) is 34.1 Å². The summed E-state index contributed by atoms with van der Waals surface area (Å²) in [5.74, 6) is -0.783. The monoisotopic (exact) mass is 448 g/mol. The molecular formula is C21H27BrN3OS+. The van der Waals surface area contributed by atoms with Crippen molar-refractivity contribution >= 4 is 33.0 Å². The SMILES string of the molecule is CCCC[NH+](CCCC)CC(=O)[C@@H](C#N)c1nc(-c2ccc(Br)cc2)cs1. The number of thiazole rings is 1. The summed E-state index contributed by atoms with van der Waals surface area (Å²) in [5, 5.41) is 12.1. The number of ketones is 1. The highest BCUT2D eigenvalue weighted by molar-refractivity contribution is 9.10. The van der Waals surface area contributed by atoms with Crippen molar-refractivity contribution in [2.24, 2.45) is 0 Å². The van der Waals surface area contributed by atoms with Gasteiger partial charge in [-0.3, -0.25) is 4.79 Å². The van der Waals surface area contributed by atoms with E-state index in [1.54, 1.807) is 0 Å². The maximum absolute atomic E-state index is 12.8. The van der Waals surface area contributed by atoms with Crippen LogP contribution in [0.3, 0.4) is 0 Å². The van der Waals surface area contributed by atoms with Crippen molar-refractivity contribution < 1.29 is 9.69 Å². The minimum Gasteiger partial charge on any atom is -0.329 e. The number of nitrogens with one attached hydrogen (secondary N) is 1. The van der Waals surface area contributed by atoms with Crippen LogP contribution in [0.4, 0.5) is 0 Å². The second-order valence-corrected chi connectivity index (χ2v) is 8.55. The van der Waals surface area contributed by atoms with Crippen molar-refractivity contribution in [3.63, 3.8) is 0 Å². The molecule has 2 aromatic rings. The van der Waals surface area contributed by atoms with Crippen LogP contribution in [0, 0.1) is 11.3 Å². The Morgan fingerprint density at radius 3 is 2.41 bits per heavy atom. The molecule has 0 radical (unpaired) electrons. The lowest BCUT2D eigenvalue weighted by atomic mass is 10.1. The van der Waals surface area contributed by atoms with Crippen molar-refractivity contribution in [2.75, 3.05) is 19.6 Å². The Labute approximate surface area is 174 Å². The van der Waals surface area contributed by atoms with Crippen LogP contribution in [0.25, 0.3) is 11.3 Å². The lowest BCUT2D eigenvalue weighted by Gasteiger charge is -2.19. The molecule has 1 aromatic carbocycles. The number of carbonyl (C=O) groups excluding carboxylic acids is 1. The molecule has 0 spiro atoms. The van der Waals surface area contributed by atoms with Gasteiger partial charge < -0.3 is 4.90 Å². The fraction of sp³-hybridized carbons (Fsp3) is 0.476. The number of unbranched alkanes of at least 4 members (excludes halogenated alkanes) is 2. The third-order valence-electron chi connectivity index (χ3n) is 4.55. The summed E-state index contributed by atoms with van der Waals surface area (Å²) < 4.78 is 1.01. The zero-order valence-electron chi connectivity index (χ0n) is 16.0. The van der Waals surface area contributed by atoms with Gasteiger partial charge in [-0.25, -0.2) is 4.98 Å². The van der Waals surface area contributed by atoms with E-state index in [9.17, 15) is 10.1 Å². The molecule has 0 aliphatic heterocycles. The average Bonchev–Trinajstić information content (AvgIpc) is 3.14. The summed E-state index contributed by atoms with van der Waals surface area (Å²) in [7, 11) is 0. The maximum Gasteiger partial charge on any atom is 0.210 e. The molecule has 1 atom stereocenters. The number of hydrogen-bond acceptors (Lipinski definition) is 4. The number of quaternary nitrogens is 1. The number of benzene rings is 1. The summed E-state index contributed by atoms with van der Waals surface area (Å²) in [6.07, 6.45) is 4.45. The molecule has 0 bridgehead atoms. The van der Waals surface area contributed by atoms with Gasteiger partial charge in [0.2, 0.25) is 5.78 Å². The molecule has 0 aliphatic carbocycles.